The number of sulfonamides is 1. The zero-order chi connectivity index (χ0) is 24.1. The summed E-state index contributed by atoms with van der Waals surface area (Å²) in [5, 5.41) is 0. The van der Waals surface area contributed by atoms with Gasteiger partial charge < -0.3 is 19.1 Å². The van der Waals surface area contributed by atoms with Crippen LogP contribution in [0.3, 0.4) is 0 Å². The van der Waals surface area contributed by atoms with Gasteiger partial charge in [0.1, 0.15) is 4.90 Å². The third-order valence-corrected chi connectivity index (χ3v) is 5.88. The van der Waals surface area contributed by atoms with Crippen LogP contribution in [0.25, 0.3) is 6.08 Å². The molecule has 2 aromatic carbocycles. The maximum Gasteiger partial charge on any atom is 0.330 e. The largest absolute Gasteiger partial charge is 0.493 e. The molecule has 9 nitrogen and oxygen atoms in total. The van der Waals surface area contributed by atoms with Crippen LogP contribution in [-0.2, 0) is 19.6 Å². The predicted molar refractivity (Wildman–Crippen MR) is 121 cm³/mol. The molecule has 0 radical (unpaired) electrons. The van der Waals surface area contributed by atoms with Crippen molar-refractivity contribution in [3.05, 3.63) is 53.1 Å². The zero-order valence-corrected chi connectivity index (χ0v) is 19.6. The van der Waals surface area contributed by atoms with E-state index >= 15 is 0 Å². The number of methoxy groups -OCH3 is 3. The molecule has 0 heterocycles. The standard InChI is InChI=1S/C22H26N2O7S/c1-14-7-9-16(22(26)24(2)3)13-17(14)23-32(27,28)19-12-15(8-10-20(25)30-5)11-18(29-4)21(19)31-6/h7-13,23H,1-6H3/b10-8+. The normalized spacial score (nSPS) is 11.2. The number of nitrogens with one attached hydrogen (secondary N) is 1. The first-order chi connectivity index (χ1) is 15.0. The van der Waals surface area contributed by atoms with E-state index in [1.807, 2.05) is 0 Å². The summed E-state index contributed by atoms with van der Waals surface area (Å²) in [4.78, 5) is 24.9. The number of aryl methyl sites for hydroxylation is 1. The summed E-state index contributed by atoms with van der Waals surface area (Å²) < 4.78 is 44.3. The number of ether oxygens (including phenoxy) is 3. The van der Waals surface area contributed by atoms with Gasteiger partial charge in [-0.2, -0.15) is 0 Å². The summed E-state index contributed by atoms with van der Waals surface area (Å²) in [7, 11) is 2.97. The highest BCUT2D eigenvalue weighted by molar-refractivity contribution is 7.92. The number of nitrogens with zero attached hydrogens (tertiary/aromatic N) is 1. The molecule has 0 fully saturated rings. The number of rotatable bonds is 8. The Morgan fingerprint density at radius 1 is 1.03 bits per heavy atom. The summed E-state index contributed by atoms with van der Waals surface area (Å²) in [6, 6.07) is 7.62. The molecular weight excluding hydrogens is 436 g/mol. The SMILES string of the molecule is COC(=O)/C=C/c1cc(OC)c(OC)c(S(=O)(=O)Nc2cc(C(=O)N(C)C)ccc2C)c1. The van der Waals surface area contributed by atoms with Crippen LogP contribution in [0.1, 0.15) is 21.5 Å². The van der Waals surface area contributed by atoms with E-state index < -0.39 is 16.0 Å². The lowest BCUT2D eigenvalue weighted by Crippen LogP contribution is -2.22. The van der Waals surface area contributed by atoms with Crippen molar-refractivity contribution in [2.45, 2.75) is 11.8 Å². The molecule has 0 saturated heterocycles. The van der Waals surface area contributed by atoms with E-state index in [2.05, 4.69) is 9.46 Å². The van der Waals surface area contributed by atoms with Crippen molar-refractivity contribution in [3.63, 3.8) is 0 Å². The first kappa shape index (κ1) is 24.7. The van der Waals surface area contributed by atoms with Gasteiger partial charge in [0, 0.05) is 25.7 Å². The van der Waals surface area contributed by atoms with Crippen LogP contribution in [0.4, 0.5) is 5.69 Å². The van der Waals surface area contributed by atoms with Crippen LogP contribution >= 0.6 is 0 Å². The van der Waals surface area contributed by atoms with Gasteiger partial charge in [-0.05, 0) is 48.4 Å². The van der Waals surface area contributed by atoms with E-state index in [4.69, 9.17) is 9.47 Å². The zero-order valence-electron chi connectivity index (χ0n) is 18.8. The van der Waals surface area contributed by atoms with Crippen molar-refractivity contribution < 1.29 is 32.2 Å². The number of carbonyl (C=O) groups excluding carboxylic acids is 2. The van der Waals surface area contributed by atoms with Crippen LogP contribution in [0.2, 0.25) is 0 Å². The summed E-state index contributed by atoms with van der Waals surface area (Å²) in [6.07, 6.45) is 2.56. The lowest BCUT2D eigenvalue weighted by atomic mass is 10.1. The molecule has 0 spiro atoms. The van der Waals surface area contributed by atoms with Gasteiger partial charge in [-0.15, -0.1) is 0 Å². The molecule has 172 valence electrons. The number of amides is 1. The Morgan fingerprint density at radius 2 is 1.72 bits per heavy atom. The van der Waals surface area contributed by atoms with Gasteiger partial charge in [-0.25, -0.2) is 13.2 Å². The van der Waals surface area contributed by atoms with Gasteiger partial charge in [0.25, 0.3) is 15.9 Å². The molecule has 0 atom stereocenters. The summed E-state index contributed by atoms with van der Waals surface area (Å²) in [5.74, 6) is -0.707. The van der Waals surface area contributed by atoms with Gasteiger partial charge in [0.2, 0.25) is 0 Å². The second-order valence-electron chi connectivity index (χ2n) is 6.95. The van der Waals surface area contributed by atoms with Crippen LogP contribution in [0, 0.1) is 6.92 Å². The lowest BCUT2D eigenvalue weighted by Gasteiger charge is -2.17. The van der Waals surface area contributed by atoms with E-state index in [9.17, 15) is 18.0 Å². The Labute approximate surface area is 187 Å². The summed E-state index contributed by atoms with van der Waals surface area (Å²) >= 11 is 0. The second kappa shape index (κ2) is 10.2. The van der Waals surface area contributed by atoms with Crippen molar-refractivity contribution >= 4 is 33.7 Å². The number of hydrogen-bond donors (Lipinski definition) is 1. The molecule has 0 aliphatic heterocycles. The van der Waals surface area contributed by atoms with E-state index in [-0.39, 0.29) is 28.0 Å². The number of carbonyl (C=O) groups is 2. The topological polar surface area (TPSA) is 111 Å². The van der Waals surface area contributed by atoms with Crippen LogP contribution in [0.5, 0.6) is 11.5 Å². The maximum absolute atomic E-state index is 13.3. The van der Waals surface area contributed by atoms with Crippen molar-refractivity contribution in [3.8, 4) is 11.5 Å². The molecule has 1 amide bonds. The summed E-state index contributed by atoms with van der Waals surface area (Å²) in [6.45, 7) is 1.72. The molecular formula is C22H26N2O7S. The Morgan fingerprint density at radius 3 is 2.28 bits per heavy atom. The minimum atomic E-state index is -4.17. The highest BCUT2D eigenvalue weighted by atomic mass is 32.2. The molecule has 32 heavy (non-hydrogen) atoms. The molecule has 0 aliphatic carbocycles. The number of hydrogen-bond acceptors (Lipinski definition) is 7. The monoisotopic (exact) mass is 462 g/mol. The number of esters is 1. The minimum Gasteiger partial charge on any atom is -0.493 e. The fourth-order valence-electron chi connectivity index (χ4n) is 2.80. The number of anilines is 1. The van der Waals surface area contributed by atoms with E-state index in [0.717, 1.165) is 6.08 Å². The Balaban J connectivity index is 2.58. The predicted octanol–water partition coefficient (Wildman–Crippen LogP) is 2.70. The quantitative estimate of drug-likeness (QED) is 0.474. The van der Waals surface area contributed by atoms with Crippen LogP contribution < -0.4 is 14.2 Å². The fourth-order valence-corrected chi connectivity index (χ4v) is 4.14. The summed E-state index contributed by atoms with van der Waals surface area (Å²) in [5.41, 5.74) is 1.57. The average molecular weight is 463 g/mol. The first-order valence-corrected chi connectivity index (χ1v) is 10.9. The highest BCUT2D eigenvalue weighted by Gasteiger charge is 2.25. The molecule has 10 heteroatoms. The molecule has 1 N–H and O–H groups in total. The molecule has 0 unspecified atom stereocenters. The van der Waals surface area contributed by atoms with Crippen molar-refractivity contribution in [2.24, 2.45) is 0 Å². The van der Waals surface area contributed by atoms with E-state index in [1.165, 1.54) is 50.5 Å². The third-order valence-electron chi connectivity index (χ3n) is 4.50. The van der Waals surface area contributed by atoms with E-state index in [1.54, 1.807) is 33.2 Å². The molecule has 0 aromatic heterocycles. The molecule has 0 aliphatic rings. The van der Waals surface area contributed by atoms with Crippen molar-refractivity contribution in [1.29, 1.82) is 0 Å². The Bertz CT molecular complexity index is 1160. The average Bonchev–Trinajstić information content (AvgIpc) is 2.77. The lowest BCUT2D eigenvalue weighted by molar-refractivity contribution is -0.134. The molecule has 2 aromatic rings. The van der Waals surface area contributed by atoms with Gasteiger partial charge in [0.05, 0.1) is 27.0 Å². The van der Waals surface area contributed by atoms with Crippen LogP contribution in [-0.4, -0.2) is 60.6 Å². The maximum atomic E-state index is 13.3. The van der Waals surface area contributed by atoms with Crippen molar-refractivity contribution in [1.82, 2.24) is 4.90 Å². The Hall–Kier alpha value is -3.53. The smallest absolute Gasteiger partial charge is 0.330 e. The highest BCUT2D eigenvalue weighted by Crippen LogP contribution is 2.37. The van der Waals surface area contributed by atoms with Gasteiger partial charge >= 0.3 is 5.97 Å². The van der Waals surface area contributed by atoms with Gasteiger partial charge in [-0.3, -0.25) is 9.52 Å². The fraction of sp³-hybridized carbons (Fsp3) is 0.273. The van der Waals surface area contributed by atoms with Gasteiger partial charge in [0.15, 0.2) is 11.5 Å². The van der Waals surface area contributed by atoms with Crippen LogP contribution in [0.15, 0.2) is 41.3 Å². The molecule has 0 bridgehead atoms. The van der Waals surface area contributed by atoms with Crippen molar-refractivity contribution in [2.75, 3.05) is 40.1 Å². The number of benzene rings is 2. The molecule has 2 rings (SSSR count). The minimum absolute atomic E-state index is 0.00612. The van der Waals surface area contributed by atoms with Gasteiger partial charge in [-0.1, -0.05) is 6.07 Å². The third kappa shape index (κ3) is 5.58. The molecule has 0 saturated carbocycles. The first-order valence-electron chi connectivity index (χ1n) is 9.41. The second-order valence-corrected chi connectivity index (χ2v) is 8.60. The van der Waals surface area contributed by atoms with E-state index in [0.29, 0.717) is 16.7 Å². The Kier molecular flexibility index (Phi) is 7.87.